The lowest BCUT2D eigenvalue weighted by Crippen LogP contribution is -2.14. The van der Waals surface area contributed by atoms with E-state index in [9.17, 15) is 0 Å². The van der Waals surface area contributed by atoms with Crippen molar-refractivity contribution in [3.63, 3.8) is 0 Å². The molecule has 5 nitrogen and oxygen atoms in total. The third-order valence-corrected chi connectivity index (χ3v) is 11.0. The molecule has 0 saturated heterocycles. The smallest absolute Gasteiger partial charge is 0.164 e. The Labute approximate surface area is 305 Å². The third-order valence-electron chi connectivity index (χ3n) is 11.0. The van der Waals surface area contributed by atoms with Crippen LogP contribution in [0.3, 0.4) is 0 Å². The lowest BCUT2D eigenvalue weighted by molar-refractivity contribution is 0.660. The van der Waals surface area contributed by atoms with Crippen LogP contribution in [0.1, 0.15) is 25.0 Å². The maximum absolute atomic E-state index is 6.70. The van der Waals surface area contributed by atoms with E-state index in [-0.39, 0.29) is 5.41 Å². The molecule has 3 heterocycles. The Morgan fingerprint density at radius 1 is 0.491 bits per heavy atom. The van der Waals surface area contributed by atoms with Gasteiger partial charge in [-0.25, -0.2) is 15.0 Å². The van der Waals surface area contributed by atoms with Crippen molar-refractivity contribution in [2.45, 2.75) is 19.3 Å². The Balaban J connectivity index is 1.27. The van der Waals surface area contributed by atoms with E-state index in [4.69, 9.17) is 19.4 Å². The van der Waals surface area contributed by atoms with Gasteiger partial charge in [-0.1, -0.05) is 147 Å². The highest BCUT2D eigenvalue weighted by molar-refractivity contribution is 6.17. The second-order valence-electron chi connectivity index (χ2n) is 14.4. The van der Waals surface area contributed by atoms with Crippen molar-refractivity contribution in [2.24, 2.45) is 0 Å². The van der Waals surface area contributed by atoms with Gasteiger partial charge in [0.15, 0.2) is 17.5 Å². The van der Waals surface area contributed by atoms with Gasteiger partial charge in [0.05, 0.1) is 16.7 Å². The summed E-state index contributed by atoms with van der Waals surface area (Å²) in [5.41, 5.74) is 12.7. The molecule has 0 amide bonds. The predicted octanol–water partition coefficient (Wildman–Crippen LogP) is 12.2. The molecule has 0 spiro atoms. The van der Waals surface area contributed by atoms with Crippen molar-refractivity contribution in [3.05, 3.63) is 169 Å². The first-order chi connectivity index (χ1) is 26.0. The van der Waals surface area contributed by atoms with Crippen LogP contribution in [0.2, 0.25) is 0 Å². The number of benzene rings is 7. The molecule has 0 radical (unpaired) electrons. The molecule has 11 rings (SSSR count). The van der Waals surface area contributed by atoms with Crippen molar-refractivity contribution < 1.29 is 4.42 Å². The number of rotatable bonds is 4. The summed E-state index contributed by atoms with van der Waals surface area (Å²) in [5, 5.41) is 4.42. The van der Waals surface area contributed by atoms with Crippen LogP contribution in [-0.4, -0.2) is 19.5 Å². The number of aromatic nitrogens is 4. The number of hydrogen-bond donors (Lipinski definition) is 0. The molecule has 0 fully saturated rings. The lowest BCUT2D eigenvalue weighted by Gasteiger charge is -2.21. The van der Waals surface area contributed by atoms with E-state index in [1.165, 1.54) is 38.5 Å². The van der Waals surface area contributed by atoms with Gasteiger partial charge >= 0.3 is 0 Å². The van der Waals surface area contributed by atoms with E-state index in [0.717, 1.165) is 49.8 Å². The fourth-order valence-electron chi connectivity index (χ4n) is 8.58. The minimum absolute atomic E-state index is 0.137. The van der Waals surface area contributed by atoms with Crippen molar-refractivity contribution in [2.75, 3.05) is 0 Å². The molecule has 0 saturated carbocycles. The summed E-state index contributed by atoms with van der Waals surface area (Å²) in [5.74, 6) is 1.83. The van der Waals surface area contributed by atoms with E-state index < -0.39 is 0 Å². The van der Waals surface area contributed by atoms with Crippen LogP contribution >= 0.6 is 0 Å². The Hall–Kier alpha value is -6.85. The average Bonchev–Trinajstić information content (AvgIpc) is 3.83. The molecule has 5 heteroatoms. The molecule has 10 aromatic rings. The first-order valence-electron chi connectivity index (χ1n) is 18.0. The molecule has 53 heavy (non-hydrogen) atoms. The first-order valence-corrected chi connectivity index (χ1v) is 18.0. The zero-order chi connectivity index (χ0) is 35.3. The highest BCUT2D eigenvalue weighted by Crippen LogP contribution is 2.53. The monoisotopic (exact) mass is 680 g/mol. The quantitative estimate of drug-likeness (QED) is 0.186. The largest absolute Gasteiger partial charge is 0.456 e. The second kappa shape index (κ2) is 11.1. The Bertz CT molecular complexity index is 3020. The molecule has 250 valence electrons. The van der Waals surface area contributed by atoms with Gasteiger partial charge in [0.25, 0.3) is 0 Å². The molecule has 0 N–H and O–H groups in total. The van der Waals surface area contributed by atoms with E-state index in [1.54, 1.807) is 0 Å². The van der Waals surface area contributed by atoms with E-state index in [2.05, 4.69) is 103 Å². The average molecular weight is 681 g/mol. The maximum atomic E-state index is 6.70. The van der Waals surface area contributed by atoms with Crippen LogP contribution in [0.4, 0.5) is 0 Å². The van der Waals surface area contributed by atoms with Gasteiger partial charge in [-0.15, -0.1) is 0 Å². The molecule has 0 bridgehead atoms. The lowest BCUT2D eigenvalue weighted by atomic mass is 9.82. The van der Waals surface area contributed by atoms with Gasteiger partial charge in [0.1, 0.15) is 11.2 Å². The SMILES string of the molecule is CC1(C)c2ccccc2-c2c1ccc1c3ccccc3n(-c3cc(-c4nc(-c5ccccc5)nc(-c5ccccc5)n4)c4c(c3)oc3ccccc34)c21. The number of hydrogen-bond acceptors (Lipinski definition) is 4. The van der Waals surface area contributed by atoms with E-state index in [0.29, 0.717) is 17.5 Å². The highest BCUT2D eigenvalue weighted by Gasteiger charge is 2.37. The summed E-state index contributed by atoms with van der Waals surface area (Å²) in [6.07, 6.45) is 0. The zero-order valence-corrected chi connectivity index (χ0v) is 29.2. The molecular weight excluding hydrogens is 649 g/mol. The number of furan rings is 1. The highest BCUT2D eigenvalue weighted by atomic mass is 16.3. The molecular formula is C48H32N4O. The zero-order valence-electron chi connectivity index (χ0n) is 29.2. The molecule has 1 aliphatic carbocycles. The maximum Gasteiger partial charge on any atom is 0.164 e. The number of nitrogens with zero attached hydrogens (tertiary/aromatic N) is 4. The number of fused-ring (bicyclic) bond motifs is 10. The molecule has 0 atom stereocenters. The van der Waals surface area contributed by atoms with E-state index >= 15 is 0 Å². The minimum atomic E-state index is -0.137. The normalized spacial score (nSPS) is 13.2. The summed E-state index contributed by atoms with van der Waals surface area (Å²) in [6, 6.07) is 55.2. The molecule has 0 unspecified atom stereocenters. The van der Waals surface area contributed by atoms with Crippen LogP contribution in [-0.2, 0) is 5.41 Å². The fourth-order valence-corrected chi connectivity index (χ4v) is 8.58. The fraction of sp³-hybridized carbons (Fsp3) is 0.0625. The molecule has 0 aliphatic heterocycles. The molecule has 1 aliphatic rings. The van der Waals surface area contributed by atoms with Gasteiger partial charge in [-0.3, -0.25) is 0 Å². The van der Waals surface area contributed by atoms with Crippen LogP contribution in [0.25, 0.3) is 94.7 Å². The van der Waals surface area contributed by atoms with Crippen LogP contribution < -0.4 is 0 Å². The Morgan fingerprint density at radius 2 is 1.11 bits per heavy atom. The minimum Gasteiger partial charge on any atom is -0.456 e. The molecule has 7 aromatic carbocycles. The summed E-state index contributed by atoms with van der Waals surface area (Å²) in [4.78, 5) is 15.4. The number of para-hydroxylation sites is 2. The van der Waals surface area contributed by atoms with Gasteiger partial charge in [0, 0.05) is 55.3 Å². The van der Waals surface area contributed by atoms with Gasteiger partial charge in [0.2, 0.25) is 0 Å². The summed E-state index contributed by atoms with van der Waals surface area (Å²) in [7, 11) is 0. The van der Waals surface area contributed by atoms with Gasteiger partial charge < -0.3 is 8.98 Å². The van der Waals surface area contributed by atoms with Crippen LogP contribution in [0, 0.1) is 0 Å². The Kier molecular flexibility index (Phi) is 6.23. The summed E-state index contributed by atoms with van der Waals surface area (Å²) < 4.78 is 9.13. The van der Waals surface area contributed by atoms with Gasteiger partial charge in [-0.05, 0) is 34.9 Å². The Morgan fingerprint density at radius 3 is 1.87 bits per heavy atom. The van der Waals surface area contributed by atoms with E-state index in [1.807, 2.05) is 72.8 Å². The van der Waals surface area contributed by atoms with Crippen LogP contribution in [0.5, 0.6) is 0 Å². The van der Waals surface area contributed by atoms with Crippen molar-refractivity contribution in [1.82, 2.24) is 19.5 Å². The van der Waals surface area contributed by atoms with Crippen molar-refractivity contribution in [3.8, 4) is 51.0 Å². The second-order valence-corrected chi connectivity index (χ2v) is 14.4. The topological polar surface area (TPSA) is 56.7 Å². The predicted molar refractivity (Wildman–Crippen MR) is 215 cm³/mol. The van der Waals surface area contributed by atoms with Crippen molar-refractivity contribution in [1.29, 1.82) is 0 Å². The third kappa shape index (κ3) is 4.34. The molecule has 3 aromatic heterocycles. The standard InChI is InChI=1S/C48H32N4O/c1-48(2)37-22-12-9-20-34(37)43-38(48)26-25-33-32-19-10-13-23-39(32)52(44(33)43)31-27-36(42-35-21-11-14-24-40(35)53-41(42)28-31)47-50-45(29-15-5-3-6-16-29)49-46(51-47)30-17-7-4-8-18-30/h3-28H,1-2H3. The van der Waals surface area contributed by atoms with Crippen molar-refractivity contribution >= 4 is 43.7 Å². The first kappa shape index (κ1) is 29.8. The summed E-state index contributed by atoms with van der Waals surface area (Å²) in [6.45, 7) is 4.68. The van der Waals surface area contributed by atoms with Crippen LogP contribution in [0.15, 0.2) is 162 Å². The van der Waals surface area contributed by atoms with Gasteiger partial charge in [-0.2, -0.15) is 0 Å². The summed E-state index contributed by atoms with van der Waals surface area (Å²) >= 11 is 0.